The van der Waals surface area contributed by atoms with E-state index in [1.54, 1.807) is 9.47 Å². The normalized spacial score (nSPS) is 10.7. The van der Waals surface area contributed by atoms with E-state index in [1.165, 1.54) is 16.9 Å². The van der Waals surface area contributed by atoms with Gasteiger partial charge in [0.2, 0.25) is 5.91 Å². The Kier molecular flexibility index (Phi) is 6.55. The number of nitrogens with zero attached hydrogens (tertiary/aromatic N) is 2. The number of hydrogen-bond donors (Lipinski definition) is 1. The van der Waals surface area contributed by atoms with Crippen molar-refractivity contribution in [2.24, 2.45) is 5.73 Å². The SMILES string of the molecule is Cc1csc(=O)n1CCC(=O)N(CCN)CCc1ccccc1. The minimum absolute atomic E-state index is 0.00930. The van der Waals surface area contributed by atoms with Gasteiger partial charge < -0.3 is 15.2 Å². The molecule has 0 bridgehead atoms. The molecule has 0 aliphatic rings. The zero-order valence-corrected chi connectivity index (χ0v) is 14.2. The lowest BCUT2D eigenvalue weighted by atomic mass is 10.1. The summed E-state index contributed by atoms with van der Waals surface area (Å²) in [5.41, 5.74) is 7.73. The van der Waals surface area contributed by atoms with E-state index in [2.05, 4.69) is 12.1 Å². The molecule has 1 heterocycles. The number of aryl methyl sites for hydroxylation is 1. The van der Waals surface area contributed by atoms with Crippen LogP contribution in [0.5, 0.6) is 0 Å². The molecule has 2 aromatic rings. The summed E-state index contributed by atoms with van der Waals surface area (Å²) in [6.45, 7) is 3.95. The predicted molar refractivity (Wildman–Crippen MR) is 93.7 cm³/mol. The number of thiazole rings is 1. The smallest absolute Gasteiger partial charge is 0.307 e. The van der Waals surface area contributed by atoms with E-state index in [0.29, 0.717) is 32.6 Å². The van der Waals surface area contributed by atoms with Crippen LogP contribution < -0.4 is 10.6 Å². The van der Waals surface area contributed by atoms with Crippen LogP contribution in [0.1, 0.15) is 17.7 Å². The Morgan fingerprint density at radius 1 is 1.26 bits per heavy atom. The number of carbonyl (C=O) groups is 1. The Morgan fingerprint density at radius 2 is 2.00 bits per heavy atom. The van der Waals surface area contributed by atoms with Gasteiger partial charge in [-0.05, 0) is 18.9 Å². The first-order chi connectivity index (χ1) is 11.1. The number of amides is 1. The molecule has 2 N–H and O–H groups in total. The van der Waals surface area contributed by atoms with Gasteiger partial charge in [0.05, 0.1) is 0 Å². The van der Waals surface area contributed by atoms with Gasteiger partial charge in [-0.3, -0.25) is 9.59 Å². The summed E-state index contributed by atoms with van der Waals surface area (Å²) < 4.78 is 1.65. The molecule has 0 fully saturated rings. The van der Waals surface area contributed by atoms with Gasteiger partial charge in [-0.1, -0.05) is 41.7 Å². The van der Waals surface area contributed by atoms with E-state index >= 15 is 0 Å². The summed E-state index contributed by atoms with van der Waals surface area (Å²) in [4.78, 5) is 25.9. The molecule has 124 valence electrons. The third-order valence-electron chi connectivity index (χ3n) is 3.79. The molecule has 0 aliphatic heterocycles. The van der Waals surface area contributed by atoms with Gasteiger partial charge in [-0.25, -0.2) is 0 Å². The quantitative estimate of drug-likeness (QED) is 0.798. The van der Waals surface area contributed by atoms with Crippen LogP contribution in [-0.4, -0.2) is 35.0 Å². The molecule has 1 amide bonds. The third kappa shape index (κ3) is 5.04. The molecule has 0 radical (unpaired) electrons. The summed E-state index contributed by atoms with van der Waals surface area (Å²) in [5.74, 6) is 0.0453. The molecule has 0 saturated heterocycles. The lowest BCUT2D eigenvalue weighted by Gasteiger charge is -2.22. The zero-order chi connectivity index (χ0) is 16.7. The lowest BCUT2D eigenvalue weighted by molar-refractivity contribution is -0.131. The van der Waals surface area contributed by atoms with Gasteiger partial charge >= 0.3 is 4.87 Å². The van der Waals surface area contributed by atoms with E-state index in [9.17, 15) is 9.59 Å². The number of nitrogens with two attached hydrogens (primary N) is 1. The summed E-state index contributed by atoms with van der Waals surface area (Å²) in [7, 11) is 0. The molecule has 23 heavy (non-hydrogen) atoms. The van der Waals surface area contributed by atoms with Gasteiger partial charge in [-0.2, -0.15) is 0 Å². The molecule has 0 atom stereocenters. The minimum Gasteiger partial charge on any atom is -0.341 e. The third-order valence-corrected chi connectivity index (χ3v) is 4.67. The van der Waals surface area contributed by atoms with Gasteiger partial charge in [0, 0.05) is 43.7 Å². The van der Waals surface area contributed by atoms with E-state index in [1.807, 2.05) is 30.5 Å². The predicted octanol–water partition coefficient (Wildman–Crippen LogP) is 1.64. The number of carbonyl (C=O) groups excluding carboxylic acids is 1. The number of aromatic nitrogens is 1. The van der Waals surface area contributed by atoms with Gasteiger partial charge in [0.15, 0.2) is 0 Å². The summed E-state index contributed by atoms with van der Waals surface area (Å²) in [6.07, 6.45) is 1.14. The monoisotopic (exact) mass is 333 g/mol. The van der Waals surface area contributed by atoms with Crippen LogP contribution in [0.4, 0.5) is 0 Å². The molecule has 6 heteroatoms. The molecule has 0 unspecified atom stereocenters. The summed E-state index contributed by atoms with van der Waals surface area (Å²) >= 11 is 1.17. The van der Waals surface area contributed by atoms with Crippen LogP contribution in [0.2, 0.25) is 0 Å². The Labute approximate surface area is 140 Å². The molecular formula is C17H23N3O2S. The van der Waals surface area contributed by atoms with Crippen LogP contribution in [-0.2, 0) is 17.8 Å². The average Bonchev–Trinajstić information content (AvgIpc) is 2.88. The highest BCUT2D eigenvalue weighted by atomic mass is 32.1. The van der Waals surface area contributed by atoms with Crippen molar-refractivity contribution in [1.29, 1.82) is 0 Å². The Morgan fingerprint density at radius 3 is 2.61 bits per heavy atom. The van der Waals surface area contributed by atoms with Crippen LogP contribution in [0.3, 0.4) is 0 Å². The number of hydrogen-bond acceptors (Lipinski definition) is 4. The second-order valence-corrected chi connectivity index (χ2v) is 6.27. The molecule has 1 aromatic heterocycles. The molecule has 2 rings (SSSR count). The van der Waals surface area contributed by atoms with Crippen LogP contribution in [0, 0.1) is 6.92 Å². The van der Waals surface area contributed by atoms with Crippen molar-refractivity contribution < 1.29 is 4.79 Å². The van der Waals surface area contributed by atoms with Crippen molar-refractivity contribution in [3.05, 3.63) is 56.6 Å². The molecule has 0 spiro atoms. The zero-order valence-electron chi connectivity index (χ0n) is 13.4. The summed E-state index contributed by atoms with van der Waals surface area (Å²) in [6, 6.07) is 10.1. The van der Waals surface area contributed by atoms with Crippen molar-refractivity contribution in [3.63, 3.8) is 0 Å². The number of benzene rings is 1. The highest BCUT2D eigenvalue weighted by Crippen LogP contribution is 2.05. The number of rotatable bonds is 8. The first-order valence-electron chi connectivity index (χ1n) is 7.78. The first kappa shape index (κ1) is 17.4. The first-order valence-corrected chi connectivity index (χ1v) is 8.66. The fraction of sp³-hybridized carbons (Fsp3) is 0.412. The van der Waals surface area contributed by atoms with Crippen LogP contribution in [0.15, 0.2) is 40.5 Å². The Balaban J connectivity index is 1.91. The Hall–Kier alpha value is -1.92. The molecule has 0 aliphatic carbocycles. The van der Waals surface area contributed by atoms with Gasteiger partial charge in [-0.15, -0.1) is 0 Å². The van der Waals surface area contributed by atoms with Crippen molar-refractivity contribution in [2.45, 2.75) is 26.3 Å². The molecule has 5 nitrogen and oxygen atoms in total. The fourth-order valence-electron chi connectivity index (χ4n) is 2.47. The second-order valence-electron chi connectivity index (χ2n) is 5.45. The highest BCUT2D eigenvalue weighted by molar-refractivity contribution is 7.07. The van der Waals surface area contributed by atoms with Crippen LogP contribution in [0.25, 0.3) is 0 Å². The van der Waals surface area contributed by atoms with Crippen molar-refractivity contribution >= 4 is 17.2 Å². The minimum atomic E-state index is -0.00930. The fourth-order valence-corrected chi connectivity index (χ4v) is 3.23. The highest BCUT2D eigenvalue weighted by Gasteiger charge is 2.14. The van der Waals surface area contributed by atoms with E-state index in [-0.39, 0.29) is 10.8 Å². The van der Waals surface area contributed by atoms with Crippen molar-refractivity contribution in [3.8, 4) is 0 Å². The van der Waals surface area contributed by atoms with E-state index in [0.717, 1.165) is 12.1 Å². The van der Waals surface area contributed by atoms with Gasteiger partial charge in [0.25, 0.3) is 0 Å². The molecule has 0 saturated carbocycles. The van der Waals surface area contributed by atoms with Crippen LogP contribution >= 0.6 is 11.3 Å². The molecular weight excluding hydrogens is 310 g/mol. The standard InChI is InChI=1S/C17H23N3O2S/c1-14-13-23-17(22)20(14)11-8-16(21)19(12-9-18)10-7-15-5-3-2-4-6-15/h2-6,13H,7-12,18H2,1H3. The topological polar surface area (TPSA) is 68.3 Å². The van der Waals surface area contributed by atoms with E-state index in [4.69, 9.17) is 5.73 Å². The maximum Gasteiger partial charge on any atom is 0.307 e. The average molecular weight is 333 g/mol. The van der Waals surface area contributed by atoms with Gasteiger partial charge in [0.1, 0.15) is 0 Å². The lowest BCUT2D eigenvalue weighted by Crippen LogP contribution is -2.37. The van der Waals surface area contributed by atoms with Crippen molar-refractivity contribution in [2.75, 3.05) is 19.6 Å². The Bertz CT molecular complexity index is 679. The van der Waals surface area contributed by atoms with Crippen molar-refractivity contribution in [1.82, 2.24) is 9.47 Å². The largest absolute Gasteiger partial charge is 0.341 e. The maximum absolute atomic E-state index is 12.4. The second kappa shape index (κ2) is 8.64. The summed E-state index contributed by atoms with van der Waals surface area (Å²) in [5, 5.41) is 1.82. The van der Waals surface area contributed by atoms with E-state index < -0.39 is 0 Å². The molecule has 1 aromatic carbocycles. The maximum atomic E-state index is 12.4.